The second-order valence-corrected chi connectivity index (χ2v) is 9.95. The molecule has 0 aliphatic carbocycles. The molecular weight excluding hydrogens is 430 g/mol. The number of hydrogen-bond acceptors (Lipinski definition) is 4. The molecule has 2 aromatic rings. The molecule has 1 heterocycles. The van der Waals surface area contributed by atoms with Gasteiger partial charge in [-0.3, -0.25) is 0 Å². The summed E-state index contributed by atoms with van der Waals surface area (Å²) in [5, 5.41) is 0. The zero-order valence-corrected chi connectivity index (χ0v) is 17.3. The van der Waals surface area contributed by atoms with Crippen LogP contribution in [0, 0.1) is 29.1 Å². The van der Waals surface area contributed by atoms with Gasteiger partial charge in [0.15, 0.2) is 33.1 Å². The van der Waals surface area contributed by atoms with E-state index in [-0.39, 0.29) is 4.90 Å². The lowest BCUT2D eigenvalue weighted by Crippen LogP contribution is -2.41. The third-order valence-corrected chi connectivity index (χ3v) is 7.06. The van der Waals surface area contributed by atoms with Crippen molar-refractivity contribution in [2.24, 2.45) is 0 Å². The molecule has 162 valence electrons. The van der Waals surface area contributed by atoms with Crippen LogP contribution in [-0.4, -0.2) is 26.7 Å². The van der Waals surface area contributed by atoms with Crippen molar-refractivity contribution in [3.63, 3.8) is 0 Å². The summed E-state index contributed by atoms with van der Waals surface area (Å²) in [6.45, 7) is 7.37. The molecule has 0 spiro atoms. The minimum atomic E-state index is -4.41. The summed E-state index contributed by atoms with van der Waals surface area (Å²) in [5.41, 5.74) is -2.15. The highest BCUT2D eigenvalue weighted by atomic mass is 32.2. The molecule has 30 heavy (non-hydrogen) atoms. The highest BCUT2D eigenvalue weighted by Gasteiger charge is 2.51. The van der Waals surface area contributed by atoms with Crippen LogP contribution in [0.3, 0.4) is 0 Å². The standard InChI is InChI=1S/C19H18BF5O4S/c1-18(2)19(3,4)29-20(28-18)10-5-7-11(8-6-10)30(26,27)9-12-13(21)15(23)17(25)16(24)14(12)22/h5-8H,9H2,1-4H3. The van der Waals surface area contributed by atoms with Gasteiger partial charge in [0.1, 0.15) is 0 Å². The second kappa shape index (κ2) is 7.31. The first-order chi connectivity index (χ1) is 13.7. The Morgan fingerprint density at radius 2 is 1.17 bits per heavy atom. The van der Waals surface area contributed by atoms with Gasteiger partial charge in [-0.25, -0.2) is 30.4 Å². The fourth-order valence-electron chi connectivity index (χ4n) is 2.86. The van der Waals surface area contributed by atoms with Crippen LogP contribution < -0.4 is 5.46 Å². The Morgan fingerprint density at radius 3 is 1.60 bits per heavy atom. The summed E-state index contributed by atoms with van der Waals surface area (Å²) >= 11 is 0. The average molecular weight is 448 g/mol. The van der Waals surface area contributed by atoms with Crippen LogP contribution in [-0.2, 0) is 24.9 Å². The van der Waals surface area contributed by atoms with Crippen molar-refractivity contribution in [1.29, 1.82) is 0 Å². The fraction of sp³-hybridized carbons (Fsp3) is 0.368. The highest BCUT2D eigenvalue weighted by Crippen LogP contribution is 2.36. The monoisotopic (exact) mass is 448 g/mol. The van der Waals surface area contributed by atoms with Gasteiger partial charge in [0.05, 0.1) is 21.9 Å². The van der Waals surface area contributed by atoms with E-state index in [1.54, 1.807) is 0 Å². The second-order valence-electron chi connectivity index (χ2n) is 7.96. The van der Waals surface area contributed by atoms with Crippen LogP contribution in [0.15, 0.2) is 29.2 Å². The van der Waals surface area contributed by atoms with E-state index in [4.69, 9.17) is 9.31 Å². The molecule has 0 unspecified atom stereocenters. The number of rotatable bonds is 4. The Morgan fingerprint density at radius 1 is 0.767 bits per heavy atom. The lowest BCUT2D eigenvalue weighted by atomic mass is 9.79. The van der Waals surface area contributed by atoms with Crippen molar-refractivity contribution in [1.82, 2.24) is 0 Å². The summed E-state index contributed by atoms with van der Waals surface area (Å²) in [6.07, 6.45) is 0. The van der Waals surface area contributed by atoms with E-state index in [1.165, 1.54) is 12.1 Å². The lowest BCUT2D eigenvalue weighted by Gasteiger charge is -2.32. The van der Waals surface area contributed by atoms with Crippen molar-refractivity contribution in [2.75, 3.05) is 0 Å². The number of halogens is 5. The van der Waals surface area contributed by atoms with Crippen molar-refractivity contribution in [3.05, 3.63) is 58.9 Å². The van der Waals surface area contributed by atoms with Crippen LogP contribution >= 0.6 is 0 Å². The van der Waals surface area contributed by atoms with Gasteiger partial charge < -0.3 is 9.31 Å². The van der Waals surface area contributed by atoms with E-state index in [1.807, 2.05) is 27.7 Å². The van der Waals surface area contributed by atoms with Crippen LogP contribution in [0.4, 0.5) is 22.0 Å². The SMILES string of the molecule is CC1(C)OB(c2ccc(S(=O)(=O)Cc3c(F)c(F)c(F)c(F)c3F)cc2)OC1(C)C. The predicted molar refractivity (Wildman–Crippen MR) is 99.3 cm³/mol. The maximum absolute atomic E-state index is 13.8. The molecule has 1 aliphatic heterocycles. The van der Waals surface area contributed by atoms with E-state index in [0.29, 0.717) is 5.46 Å². The molecule has 4 nitrogen and oxygen atoms in total. The van der Waals surface area contributed by atoms with Gasteiger partial charge in [0.25, 0.3) is 0 Å². The van der Waals surface area contributed by atoms with E-state index >= 15 is 0 Å². The third kappa shape index (κ3) is 3.74. The topological polar surface area (TPSA) is 52.6 Å². The summed E-state index contributed by atoms with van der Waals surface area (Å²) in [7, 11) is -5.17. The minimum Gasteiger partial charge on any atom is -0.399 e. The average Bonchev–Trinajstić information content (AvgIpc) is 2.89. The van der Waals surface area contributed by atoms with E-state index in [0.717, 1.165) is 12.1 Å². The maximum Gasteiger partial charge on any atom is 0.494 e. The van der Waals surface area contributed by atoms with Crippen molar-refractivity contribution < 1.29 is 39.7 Å². The lowest BCUT2D eigenvalue weighted by molar-refractivity contribution is 0.00578. The Hall–Kier alpha value is -1.98. The summed E-state index contributed by atoms with van der Waals surface area (Å²) < 4.78 is 104. The molecule has 0 N–H and O–H groups in total. The normalized spacial score (nSPS) is 18.1. The molecule has 0 saturated carbocycles. The Bertz CT molecular complexity index is 1060. The number of benzene rings is 2. The van der Waals surface area contributed by atoms with Crippen LogP contribution in [0.5, 0.6) is 0 Å². The minimum absolute atomic E-state index is 0.355. The summed E-state index contributed by atoms with van der Waals surface area (Å²) in [4.78, 5) is -0.355. The van der Waals surface area contributed by atoms with Gasteiger partial charge in [-0.1, -0.05) is 12.1 Å². The third-order valence-electron chi connectivity index (χ3n) is 5.40. The molecule has 0 aromatic heterocycles. The molecular formula is C19H18BF5O4S. The van der Waals surface area contributed by atoms with E-state index in [9.17, 15) is 30.4 Å². The fourth-order valence-corrected chi connectivity index (χ4v) is 4.21. The first-order valence-corrected chi connectivity index (χ1v) is 10.5. The largest absolute Gasteiger partial charge is 0.494 e. The number of sulfone groups is 1. The van der Waals surface area contributed by atoms with E-state index in [2.05, 4.69) is 0 Å². The predicted octanol–water partition coefficient (Wildman–Crippen LogP) is 3.66. The zero-order chi connectivity index (χ0) is 22.6. The maximum atomic E-state index is 13.8. The molecule has 2 aromatic carbocycles. The molecule has 0 radical (unpaired) electrons. The van der Waals surface area contributed by atoms with Crippen LogP contribution in [0.2, 0.25) is 0 Å². The molecule has 3 rings (SSSR count). The summed E-state index contributed by atoms with van der Waals surface area (Å²) in [5.74, 6) is -12.5. The Labute approximate surface area is 171 Å². The first kappa shape index (κ1) is 22.7. The quantitative estimate of drug-likeness (QED) is 0.310. The molecule has 1 fully saturated rings. The zero-order valence-electron chi connectivity index (χ0n) is 16.5. The Kier molecular flexibility index (Phi) is 5.54. The first-order valence-electron chi connectivity index (χ1n) is 8.86. The Balaban J connectivity index is 1.89. The van der Waals surface area contributed by atoms with Crippen molar-refractivity contribution in [2.45, 2.75) is 49.5 Å². The smallest absolute Gasteiger partial charge is 0.399 e. The van der Waals surface area contributed by atoms with Gasteiger partial charge in [-0.05, 0) is 45.3 Å². The van der Waals surface area contributed by atoms with Gasteiger partial charge in [0.2, 0.25) is 5.82 Å². The van der Waals surface area contributed by atoms with Gasteiger partial charge in [0, 0.05) is 5.56 Å². The molecule has 1 saturated heterocycles. The van der Waals surface area contributed by atoms with Crippen molar-refractivity contribution >= 4 is 22.4 Å². The van der Waals surface area contributed by atoms with Gasteiger partial charge >= 0.3 is 7.12 Å². The number of hydrogen-bond donors (Lipinski definition) is 0. The summed E-state index contributed by atoms with van der Waals surface area (Å²) in [6, 6.07) is 5.10. The van der Waals surface area contributed by atoms with Gasteiger partial charge in [-0.15, -0.1) is 0 Å². The molecule has 1 aliphatic rings. The van der Waals surface area contributed by atoms with Crippen LogP contribution in [0.1, 0.15) is 33.3 Å². The van der Waals surface area contributed by atoms with Gasteiger partial charge in [-0.2, -0.15) is 0 Å². The highest BCUT2D eigenvalue weighted by molar-refractivity contribution is 7.90. The van der Waals surface area contributed by atoms with Crippen molar-refractivity contribution in [3.8, 4) is 0 Å². The molecule has 11 heteroatoms. The molecule has 0 atom stereocenters. The molecule has 0 bridgehead atoms. The molecule has 0 amide bonds. The van der Waals surface area contributed by atoms with Crippen LogP contribution in [0.25, 0.3) is 0 Å². The van der Waals surface area contributed by atoms with E-state index < -0.39 is 68.6 Å².